The minimum atomic E-state index is -0.0309. The first-order valence-electron chi connectivity index (χ1n) is 20.3. The first-order chi connectivity index (χ1) is 28.2. The molecule has 2 aliphatic carbocycles. The average molecular weight is 734 g/mol. The van der Waals surface area contributed by atoms with Crippen LogP contribution in [0.15, 0.2) is 194 Å². The van der Waals surface area contributed by atoms with Crippen LogP contribution in [0.1, 0.15) is 40.7 Å². The van der Waals surface area contributed by atoms with Gasteiger partial charge in [0.25, 0.3) is 0 Å². The number of aryl methyl sites for hydroxylation is 3. The Balaban J connectivity index is 1.08. The van der Waals surface area contributed by atoms with Crippen molar-refractivity contribution in [3.8, 4) is 5.69 Å². The van der Waals surface area contributed by atoms with Crippen LogP contribution < -0.4 is 9.80 Å². The maximum absolute atomic E-state index is 2.54. The Bertz CT molecular complexity index is 2870. The predicted octanol–water partition coefficient (Wildman–Crippen LogP) is 14.2. The molecule has 8 aromatic carbocycles. The van der Waals surface area contributed by atoms with Crippen LogP contribution in [0.3, 0.4) is 0 Å². The van der Waals surface area contributed by atoms with Crippen LogP contribution in [0.4, 0.5) is 34.1 Å². The van der Waals surface area contributed by atoms with Crippen molar-refractivity contribution in [2.24, 2.45) is 0 Å². The summed E-state index contributed by atoms with van der Waals surface area (Å²) in [4.78, 5) is 4.90. The third kappa shape index (κ3) is 5.41. The summed E-state index contributed by atoms with van der Waals surface area (Å²) >= 11 is 0. The molecule has 0 N–H and O–H groups in total. The van der Waals surface area contributed by atoms with Crippen LogP contribution in [0.5, 0.6) is 0 Å². The molecule has 0 bridgehead atoms. The van der Waals surface area contributed by atoms with E-state index in [0.717, 1.165) is 31.4 Å². The average Bonchev–Trinajstić information content (AvgIpc) is 3.94. The molecule has 1 heterocycles. The summed E-state index contributed by atoms with van der Waals surface area (Å²) in [5.41, 5.74) is 17.8. The summed E-state index contributed by atoms with van der Waals surface area (Å²) in [5, 5.41) is 2.55. The van der Waals surface area contributed by atoms with Gasteiger partial charge in [-0.3, -0.25) is 0 Å². The molecule has 57 heavy (non-hydrogen) atoms. The molecule has 0 aliphatic heterocycles. The van der Waals surface area contributed by atoms with Crippen molar-refractivity contribution < 1.29 is 0 Å². The van der Waals surface area contributed by atoms with E-state index in [9.17, 15) is 0 Å². The molecular weight excluding hydrogens is 691 g/mol. The zero-order valence-corrected chi connectivity index (χ0v) is 32.1. The molecule has 2 aliphatic rings. The first kappa shape index (κ1) is 33.5. The second kappa shape index (κ2) is 13.4. The number of rotatable bonds is 7. The summed E-state index contributed by atoms with van der Waals surface area (Å²) < 4.78 is 2.43. The molecule has 274 valence electrons. The van der Waals surface area contributed by atoms with Crippen LogP contribution in [0, 0.1) is 6.92 Å². The number of hydrogen-bond acceptors (Lipinski definition) is 2. The zero-order chi connectivity index (χ0) is 37.9. The van der Waals surface area contributed by atoms with Gasteiger partial charge in [-0.05, 0) is 151 Å². The lowest BCUT2D eigenvalue weighted by atomic mass is 9.76. The number of benzene rings is 8. The van der Waals surface area contributed by atoms with Gasteiger partial charge in [0, 0.05) is 50.3 Å². The van der Waals surface area contributed by atoms with Crippen molar-refractivity contribution in [2.75, 3.05) is 9.80 Å². The number of nitrogens with zero attached hydrogens (tertiary/aromatic N) is 3. The molecule has 0 amide bonds. The molecule has 1 atom stereocenters. The topological polar surface area (TPSA) is 11.4 Å². The largest absolute Gasteiger partial charge is 0.310 e. The van der Waals surface area contributed by atoms with Crippen LogP contribution in [0.25, 0.3) is 27.5 Å². The quantitative estimate of drug-likeness (QED) is 0.162. The Kier molecular flexibility index (Phi) is 7.89. The lowest BCUT2D eigenvalue weighted by Gasteiger charge is -2.32. The van der Waals surface area contributed by atoms with Gasteiger partial charge in [-0.1, -0.05) is 103 Å². The summed E-state index contributed by atoms with van der Waals surface area (Å²) in [7, 11) is 0. The fourth-order valence-electron chi connectivity index (χ4n) is 10.1. The number of para-hydroxylation sites is 5. The summed E-state index contributed by atoms with van der Waals surface area (Å²) in [6.45, 7) is 2.27. The highest BCUT2D eigenvalue weighted by molar-refractivity contribution is 6.11. The van der Waals surface area contributed by atoms with Gasteiger partial charge in [0.1, 0.15) is 0 Å². The first-order valence-corrected chi connectivity index (χ1v) is 20.3. The predicted molar refractivity (Wildman–Crippen MR) is 239 cm³/mol. The van der Waals surface area contributed by atoms with E-state index in [1.54, 1.807) is 0 Å². The maximum atomic E-state index is 2.54. The number of fused-ring (bicyclic) bond motifs is 7. The highest BCUT2D eigenvalue weighted by Crippen LogP contribution is 2.55. The molecule has 0 fully saturated rings. The van der Waals surface area contributed by atoms with Crippen molar-refractivity contribution in [3.63, 3.8) is 0 Å². The van der Waals surface area contributed by atoms with E-state index in [1.165, 1.54) is 83.7 Å². The van der Waals surface area contributed by atoms with E-state index in [2.05, 4.69) is 215 Å². The number of hydrogen-bond donors (Lipinski definition) is 0. The van der Waals surface area contributed by atoms with Crippen molar-refractivity contribution >= 4 is 55.9 Å². The number of anilines is 6. The molecule has 0 radical (unpaired) electrons. The third-order valence-corrected chi connectivity index (χ3v) is 12.7. The van der Waals surface area contributed by atoms with Crippen LogP contribution in [-0.2, 0) is 18.3 Å². The van der Waals surface area contributed by atoms with Gasteiger partial charge >= 0.3 is 0 Å². The molecule has 0 unspecified atom stereocenters. The highest BCUT2D eigenvalue weighted by atomic mass is 15.2. The van der Waals surface area contributed by atoms with E-state index < -0.39 is 0 Å². The van der Waals surface area contributed by atoms with Crippen LogP contribution >= 0.6 is 0 Å². The lowest BCUT2D eigenvalue weighted by molar-refractivity contribution is 0.507. The summed E-state index contributed by atoms with van der Waals surface area (Å²) in [6, 6.07) is 71.5. The van der Waals surface area contributed by atoms with E-state index in [1.807, 2.05) is 0 Å². The molecule has 0 saturated carbocycles. The van der Waals surface area contributed by atoms with Crippen molar-refractivity contribution in [1.29, 1.82) is 0 Å². The van der Waals surface area contributed by atoms with Crippen molar-refractivity contribution in [3.05, 3.63) is 222 Å². The SMILES string of the molecule is Cc1cc2c3ccccc3n(-c3ccccc3)c2cc1N(c1ccccc1)c1ccc2c(c1)[C@]1(CCc3ccc(N(c4ccccc4)c4ccccc4)cc31)CC2. The van der Waals surface area contributed by atoms with Gasteiger partial charge in [-0.25, -0.2) is 0 Å². The molecule has 11 rings (SSSR count). The van der Waals surface area contributed by atoms with Crippen molar-refractivity contribution in [1.82, 2.24) is 4.57 Å². The van der Waals surface area contributed by atoms with E-state index in [4.69, 9.17) is 0 Å². The Labute approximate surface area is 334 Å². The van der Waals surface area contributed by atoms with E-state index in [0.29, 0.717) is 0 Å². The standard InChI is InChI=1S/C54H43N3/c1-38-34-48-47-24-14-15-25-51(47)57(44-22-12-5-13-23-44)53(48)37-52(38)56(43-20-10-4-11-21-43)46-29-27-40-31-33-54(50(40)36-46)32-30-39-26-28-45(35-49(39)54)55(41-16-6-2-7-17-41)42-18-8-3-9-19-42/h2-29,34-37H,30-33H2,1H3/t54-/m1/s1. The van der Waals surface area contributed by atoms with Gasteiger partial charge in [0.05, 0.1) is 16.7 Å². The van der Waals surface area contributed by atoms with Gasteiger partial charge in [0.2, 0.25) is 0 Å². The zero-order valence-electron chi connectivity index (χ0n) is 32.1. The molecule has 3 heteroatoms. The Morgan fingerprint density at radius 3 is 1.49 bits per heavy atom. The number of aromatic nitrogens is 1. The lowest BCUT2D eigenvalue weighted by Crippen LogP contribution is -2.22. The second-order valence-corrected chi connectivity index (χ2v) is 15.8. The fraction of sp³-hybridized carbons (Fsp3) is 0.111. The van der Waals surface area contributed by atoms with Gasteiger partial charge in [-0.15, -0.1) is 0 Å². The Morgan fingerprint density at radius 1 is 0.421 bits per heavy atom. The smallest absolute Gasteiger partial charge is 0.0562 e. The van der Waals surface area contributed by atoms with Gasteiger partial charge in [0.15, 0.2) is 0 Å². The molecular formula is C54H43N3. The Morgan fingerprint density at radius 2 is 0.912 bits per heavy atom. The summed E-state index contributed by atoms with van der Waals surface area (Å²) in [6.07, 6.45) is 4.45. The van der Waals surface area contributed by atoms with Crippen LogP contribution in [-0.4, -0.2) is 4.57 Å². The minimum Gasteiger partial charge on any atom is -0.310 e. The van der Waals surface area contributed by atoms with E-state index >= 15 is 0 Å². The highest BCUT2D eigenvalue weighted by Gasteiger charge is 2.45. The molecule has 0 saturated heterocycles. The normalized spacial score (nSPS) is 15.6. The van der Waals surface area contributed by atoms with Gasteiger partial charge < -0.3 is 14.4 Å². The summed E-state index contributed by atoms with van der Waals surface area (Å²) in [5.74, 6) is 0. The fourth-order valence-corrected chi connectivity index (χ4v) is 10.1. The molecule has 9 aromatic rings. The molecule has 1 aromatic heterocycles. The molecule has 3 nitrogen and oxygen atoms in total. The van der Waals surface area contributed by atoms with Crippen molar-refractivity contribution in [2.45, 2.75) is 38.0 Å². The Hall–Kier alpha value is -6.84. The van der Waals surface area contributed by atoms with E-state index in [-0.39, 0.29) is 5.41 Å². The minimum absolute atomic E-state index is 0.0309. The monoisotopic (exact) mass is 733 g/mol. The van der Waals surface area contributed by atoms with Gasteiger partial charge in [-0.2, -0.15) is 0 Å². The van der Waals surface area contributed by atoms with Crippen LogP contribution in [0.2, 0.25) is 0 Å². The third-order valence-electron chi connectivity index (χ3n) is 12.7. The maximum Gasteiger partial charge on any atom is 0.0562 e. The second-order valence-electron chi connectivity index (χ2n) is 15.8. The molecule has 1 spiro atoms.